The van der Waals surface area contributed by atoms with Crippen LogP contribution in [0.4, 0.5) is 5.95 Å². The highest BCUT2D eigenvalue weighted by molar-refractivity contribution is 5.95. The molecule has 0 spiro atoms. The maximum absolute atomic E-state index is 12.9. The molecule has 1 aromatic carbocycles. The summed E-state index contributed by atoms with van der Waals surface area (Å²) in [5.74, 6) is 1.57. The zero-order valence-corrected chi connectivity index (χ0v) is 18.3. The lowest BCUT2D eigenvalue weighted by Gasteiger charge is -2.13. The van der Waals surface area contributed by atoms with E-state index in [2.05, 4.69) is 37.9 Å². The van der Waals surface area contributed by atoms with E-state index >= 15 is 0 Å². The lowest BCUT2D eigenvalue weighted by atomic mass is 9.98. The van der Waals surface area contributed by atoms with Gasteiger partial charge in [0.2, 0.25) is 5.88 Å². The van der Waals surface area contributed by atoms with Crippen LogP contribution in [0.3, 0.4) is 0 Å². The second kappa shape index (κ2) is 9.11. The minimum absolute atomic E-state index is 0.00261. The Balaban J connectivity index is 1.88. The molecule has 0 radical (unpaired) electrons. The summed E-state index contributed by atoms with van der Waals surface area (Å²) in [5.41, 5.74) is 8.38. The quantitative estimate of drug-likeness (QED) is 0.428. The van der Waals surface area contributed by atoms with Gasteiger partial charge >= 0.3 is 5.95 Å². The highest BCUT2D eigenvalue weighted by Crippen LogP contribution is 2.23. The molecule has 0 aliphatic rings. The smallest absolute Gasteiger partial charge is 0.401 e. The molecule has 160 valence electrons. The zero-order chi connectivity index (χ0) is 21.8. The van der Waals surface area contributed by atoms with Gasteiger partial charge < -0.3 is 9.47 Å². The second-order valence-corrected chi connectivity index (χ2v) is 7.59. The van der Waals surface area contributed by atoms with E-state index in [0.717, 1.165) is 18.4 Å². The van der Waals surface area contributed by atoms with Crippen molar-refractivity contribution in [2.75, 3.05) is 12.8 Å². The maximum atomic E-state index is 12.9. The Labute approximate surface area is 176 Å². The summed E-state index contributed by atoms with van der Waals surface area (Å²) in [6.07, 6.45) is 1.88. The number of aromatic nitrogens is 4. The summed E-state index contributed by atoms with van der Waals surface area (Å²) in [7, 11) is 1.59. The SMILES string of the molecule is CCC(CC)Oc1ccc2n[n+](CC(=O)c3cc(OC)cc(C(C)C)c3)c(N)n2n1. The van der Waals surface area contributed by atoms with Crippen molar-refractivity contribution in [3.63, 3.8) is 0 Å². The average molecular weight is 413 g/mol. The largest absolute Gasteiger partial charge is 0.497 e. The Hall–Kier alpha value is -3.16. The van der Waals surface area contributed by atoms with Crippen molar-refractivity contribution < 1.29 is 19.0 Å². The fraction of sp³-hybridized carbons (Fsp3) is 0.455. The molecule has 3 aromatic rings. The molecule has 0 atom stereocenters. The number of rotatable bonds is 9. The van der Waals surface area contributed by atoms with Gasteiger partial charge in [0.15, 0.2) is 12.3 Å². The molecular formula is C22H30N5O3+. The van der Waals surface area contributed by atoms with E-state index in [1.54, 1.807) is 25.3 Å². The maximum Gasteiger partial charge on any atom is 0.401 e. The number of fused-ring (bicyclic) bond motifs is 1. The molecule has 0 unspecified atom stereocenters. The first kappa shape index (κ1) is 21.5. The van der Waals surface area contributed by atoms with Crippen molar-refractivity contribution in [2.45, 2.75) is 59.1 Å². The topological polar surface area (TPSA) is 95.6 Å². The van der Waals surface area contributed by atoms with Crippen LogP contribution in [0.5, 0.6) is 11.6 Å². The molecule has 8 nitrogen and oxygen atoms in total. The number of anilines is 1. The fourth-order valence-electron chi connectivity index (χ4n) is 3.19. The van der Waals surface area contributed by atoms with Crippen molar-refractivity contribution in [3.8, 4) is 11.6 Å². The van der Waals surface area contributed by atoms with Crippen LogP contribution >= 0.6 is 0 Å². The molecule has 2 aromatic heterocycles. The van der Waals surface area contributed by atoms with Crippen LogP contribution in [-0.2, 0) is 6.54 Å². The molecule has 0 saturated carbocycles. The third-order valence-electron chi connectivity index (χ3n) is 5.14. The molecule has 3 rings (SSSR count). The first-order chi connectivity index (χ1) is 14.4. The van der Waals surface area contributed by atoms with Crippen LogP contribution in [0.2, 0.25) is 0 Å². The molecular weight excluding hydrogens is 382 g/mol. The summed E-state index contributed by atoms with van der Waals surface area (Å²) in [6, 6.07) is 9.12. The normalized spacial score (nSPS) is 11.4. The number of methoxy groups -OCH3 is 1. The summed E-state index contributed by atoms with van der Waals surface area (Å²) in [4.78, 5) is 12.9. The Morgan fingerprint density at radius 3 is 2.57 bits per heavy atom. The van der Waals surface area contributed by atoms with Crippen molar-refractivity contribution in [3.05, 3.63) is 41.5 Å². The lowest BCUT2D eigenvalue weighted by Crippen LogP contribution is -2.42. The highest BCUT2D eigenvalue weighted by Gasteiger charge is 2.22. The summed E-state index contributed by atoms with van der Waals surface area (Å²) < 4.78 is 14.2. The minimum atomic E-state index is -0.107. The van der Waals surface area contributed by atoms with E-state index in [1.807, 2.05) is 12.1 Å². The van der Waals surface area contributed by atoms with E-state index < -0.39 is 0 Å². The predicted octanol–water partition coefficient (Wildman–Crippen LogP) is 3.18. The van der Waals surface area contributed by atoms with Gasteiger partial charge in [-0.05, 0) is 42.5 Å². The molecule has 30 heavy (non-hydrogen) atoms. The van der Waals surface area contributed by atoms with Crippen LogP contribution < -0.4 is 19.9 Å². The van der Waals surface area contributed by atoms with E-state index in [9.17, 15) is 4.79 Å². The molecule has 0 saturated heterocycles. The van der Waals surface area contributed by atoms with Gasteiger partial charge in [-0.25, -0.2) is 0 Å². The van der Waals surface area contributed by atoms with Crippen molar-refractivity contribution >= 4 is 17.4 Å². The zero-order valence-electron chi connectivity index (χ0n) is 18.3. The Kier molecular flexibility index (Phi) is 6.54. The Morgan fingerprint density at radius 1 is 1.20 bits per heavy atom. The third-order valence-corrected chi connectivity index (χ3v) is 5.14. The van der Waals surface area contributed by atoms with E-state index in [0.29, 0.717) is 22.8 Å². The number of carbonyl (C=O) groups excluding carboxylic acids is 1. The third kappa shape index (κ3) is 4.53. The number of ketones is 1. The number of ether oxygens (including phenoxy) is 2. The van der Waals surface area contributed by atoms with Gasteiger partial charge in [0.25, 0.3) is 5.65 Å². The molecule has 0 fully saturated rings. The van der Waals surface area contributed by atoms with E-state index in [4.69, 9.17) is 15.2 Å². The van der Waals surface area contributed by atoms with E-state index in [-0.39, 0.29) is 30.3 Å². The van der Waals surface area contributed by atoms with Gasteiger partial charge in [-0.2, -0.15) is 0 Å². The number of nitrogens with zero attached hydrogens (tertiary/aromatic N) is 4. The first-order valence-electron chi connectivity index (χ1n) is 10.3. The predicted molar refractivity (Wildman–Crippen MR) is 114 cm³/mol. The first-order valence-corrected chi connectivity index (χ1v) is 10.3. The van der Waals surface area contributed by atoms with Crippen LogP contribution in [0.1, 0.15) is 62.4 Å². The summed E-state index contributed by atoms with van der Waals surface area (Å²) in [5, 5.41) is 8.85. The monoisotopic (exact) mass is 412 g/mol. The van der Waals surface area contributed by atoms with Crippen molar-refractivity contribution in [2.24, 2.45) is 0 Å². The number of hydrogen-bond acceptors (Lipinski definition) is 6. The number of hydrogen-bond donors (Lipinski definition) is 1. The Bertz CT molecular complexity index is 1040. The van der Waals surface area contributed by atoms with Crippen LogP contribution in [0.15, 0.2) is 30.3 Å². The minimum Gasteiger partial charge on any atom is -0.497 e. The summed E-state index contributed by atoms with van der Waals surface area (Å²) in [6.45, 7) is 8.29. The van der Waals surface area contributed by atoms with E-state index in [1.165, 1.54) is 9.20 Å². The number of carbonyl (C=O) groups is 1. The van der Waals surface area contributed by atoms with Gasteiger partial charge in [0.1, 0.15) is 11.9 Å². The number of benzene rings is 1. The van der Waals surface area contributed by atoms with Crippen LogP contribution in [-0.4, -0.2) is 33.7 Å². The number of nitrogens with two attached hydrogens (primary N) is 1. The van der Waals surface area contributed by atoms with Gasteiger partial charge in [-0.3, -0.25) is 10.5 Å². The fourth-order valence-corrected chi connectivity index (χ4v) is 3.19. The average Bonchev–Trinajstić information content (AvgIpc) is 3.06. The Morgan fingerprint density at radius 2 is 1.93 bits per heavy atom. The molecule has 2 N–H and O–H groups in total. The standard InChI is InChI=1S/C22H29N5O3/c1-6-17(7-2)30-21-9-8-20-24-26(22(23)27(20)25-21)13-19(28)16-10-15(14(3)4)11-18(12-16)29-5/h8-12,14,17,23H,6-7,13H2,1-5H3/p+1. The van der Waals surface area contributed by atoms with Crippen molar-refractivity contribution in [1.82, 2.24) is 14.7 Å². The lowest BCUT2D eigenvalue weighted by molar-refractivity contribution is -0.723. The van der Waals surface area contributed by atoms with Gasteiger partial charge in [-0.1, -0.05) is 42.4 Å². The molecule has 0 aliphatic heterocycles. The second-order valence-electron chi connectivity index (χ2n) is 7.59. The molecule has 8 heteroatoms. The van der Waals surface area contributed by atoms with Crippen molar-refractivity contribution in [1.29, 1.82) is 0 Å². The molecule has 2 heterocycles. The van der Waals surface area contributed by atoms with Gasteiger partial charge in [-0.15, -0.1) is 4.68 Å². The summed E-state index contributed by atoms with van der Waals surface area (Å²) >= 11 is 0. The number of nitrogen functional groups attached to an aromatic ring is 1. The van der Waals surface area contributed by atoms with Gasteiger partial charge in [0.05, 0.1) is 7.11 Å². The van der Waals surface area contributed by atoms with Crippen LogP contribution in [0, 0.1) is 0 Å². The molecule has 0 aliphatic carbocycles. The molecule has 0 amide bonds. The number of Topliss-reactive ketones (excluding diaryl/α,β-unsaturated/α-hetero) is 1. The van der Waals surface area contributed by atoms with Gasteiger partial charge in [0, 0.05) is 17.7 Å². The van der Waals surface area contributed by atoms with Crippen LogP contribution in [0.25, 0.3) is 5.65 Å². The molecule has 0 bridgehead atoms. The highest BCUT2D eigenvalue weighted by atomic mass is 16.5.